The predicted octanol–water partition coefficient (Wildman–Crippen LogP) is 4.01. The van der Waals surface area contributed by atoms with Crippen molar-refractivity contribution >= 4 is 50.7 Å². The van der Waals surface area contributed by atoms with Crippen LogP contribution in [0.1, 0.15) is 31.4 Å². The third-order valence-electron chi connectivity index (χ3n) is 5.09. The van der Waals surface area contributed by atoms with Gasteiger partial charge in [-0.1, -0.05) is 53.9 Å². The van der Waals surface area contributed by atoms with Crippen LogP contribution in [0.15, 0.2) is 42.5 Å². The standard InChI is InChI=1S/C23H29Cl2N3O4S/c1-5-21(23(30)26-6-2)27(14-17-9-10-18(24)13-20(17)25)22(29)15-28(33(4,31)32)19-11-7-16(3)8-12-19/h7-13,21H,5-6,14-15H2,1-4H3,(H,26,30)/t21-/m0/s1. The molecule has 7 nitrogen and oxygen atoms in total. The van der Waals surface area contributed by atoms with Gasteiger partial charge in [0.1, 0.15) is 12.6 Å². The third kappa shape index (κ3) is 7.35. The number of sulfonamides is 1. The molecule has 10 heteroatoms. The highest BCUT2D eigenvalue weighted by atomic mass is 35.5. The molecule has 0 bridgehead atoms. The molecule has 0 saturated carbocycles. The minimum atomic E-state index is -3.77. The monoisotopic (exact) mass is 513 g/mol. The number of carbonyl (C=O) groups is 2. The molecule has 33 heavy (non-hydrogen) atoms. The van der Waals surface area contributed by atoms with Crippen LogP contribution in [0.5, 0.6) is 0 Å². The van der Waals surface area contributed by atoms with E-state index in [1.165, 1.54) is 4.90 Å². The maximum Gasteiger partial charge on any atom is 0.244 e. The summed E-state index contributed by atoms with van der Waals surface area (Å²) in [6.07, 6.45) is 1.38. The number of nitrogens with zero attached hydrogens (tertiary/aromatic N) is 2. The number of hydrogen-bond acceptors (Lipinski definition) is 4. The highest BCUT2D eigenvalue weighted by molar-refractivity contribution is 7.92. The van der Waals surface area contributed by atoms with Crippen LogP contribution in [-0.2, 0) is 26.2 Å². The molecule has 1 N–H and O–H groups in total. The Morgan fingerprint density at radius 1 is 1.06 bits per heavy atom. The molecule has 0 spiro atoms. The Bertz CT molecular complexity index is 1090. The van der Waals surface area contributed by atoms with Gasteiger partial charge in [-0.2, -0.15) is 0 Å². The van der Waals surface area contributed by atoms with Gasteiger partial charge in [0, 0.05) is 23.1 Å². The van der Waals surface area contributed by atoms with Crippen LogP contribution in [0.3, 0.4) is 0 Å². The average molecular weight is 514 g/mol. The third-order valence-corrected chi connectivity index (χ3v) is 6.82. The molecular weight excluding hydrogens is 485 g/mol. The van der Waals surface area contributed by atoms with E-state index >= 15 is 0 Å². The van der Waals surface area contributed by atoms with Crippen molar-refractivity contribution in [1.82, 2.24) is 10.2 Å². The lowest BCUT2D eigenvalue weighted by Gasteiger charge is -2.33. The summed E-state index contributed by atoms with van der Waals surface area (Å²) in [5.74, 6) is -0.843. The Morgan fingerprint density at radius 2 is 1.70 bits per heavy atom. The number of carbonyl (C=O) groups excluding carboxylic acids is 2. The lowest BCUT2D eigenvalue weighted by Crippen LogP contribution is -2.52. The van der Waals surface area contributed by atoms with Crippen LogP contribution >= 0.6 is 23.2 Å². The number of aryl methyl sites for hydroxylation is 1. The fourth-order valence-electron chi connectivity index (χ4n) is 3.37. The number of halogens is 2. The minimum Gasteiger partial charge on any atom is -0.355 e. The highest BCUT2D eigenvalue weighted by Gasteiger charge is 2.31. The second-order valence-corrected chi connectivity index (χ2v) is 10.4. The first-order chi connectivity index (χ1) is 15.5. The number of hydrogen-bond donors (Lipinski definition) is 1. The molecule has 0 radical (unpaired) electrons. The van der Waals surface area contributed by atoms with Crippen molar-refractivity contribution in [3.8, 4) is 0 Å². The summed E-state index contributed by atoms with van der Waals surface area (Å²) in [6, 6.07) is 10.9. The zero-order chi connectivity index (χ0) is 24.8. The predicted molar refractivity (Wildman–Crippen MR) is 133 cm³/mol. The van der Waals surface area contributed by atoms with Crippen molar-refractivity contribution in [2.75, 3.05) is 23.7 Å². The van der Waals surface area contributed by atoms with Crippen LogP contribution < -0.4 is 9.62 Å². The zero-order valence-corrected chi connectivity index (χ0v) is 21.5. The van der Waals surface area contributed by atoms with E-state index in [0.717, 1.165) is 16.1 Å². The molecule has 0 heterocycles. The number of benzene rings is 2. The lowest BCUT2D eigenvalue weighted by molar-refractivity contribution is -0.140. The highest BCUT2D eigenvalue weighted by Crippen LogP contribution is 2.25. The van der Waals surface area contributed by atoms with E-state index in [2.05, 4.69) is 5.32 Å². The zero-order valence-electron chi connectivity index (χ0n) is 19.1. The molecule has 0 unspecified atom stereocenters. The second kappa shape index (κ2) is 11.7. The molecular formula is C23H29Cl2N3O4S. The fraction of sp³-hybridized carbons (Fsp3) is 0.391. The average Bonchev–Trinajstić information content (AvgIpc) is 2.73. The van der Waals surface area contributed by atoms with E-state index in [9.17, 15) is 18.0 Å². The van der Waals surface area contributed by atoms with Crippen molar-refractivity contribution in [3.05, 3.63) is 63.6 Å². The summed E-state index contributed by atoms with van der Waals surface area (Å²) in [4.78, 5) is 27.6. The van der Waals surface area contributed by atoms with E-state index < -0.39 is 28.5 Å². The number of nitrogens with one attached hydrogen (secondary N) is 1. The van der Waals surface area contributed by atoms with Gasteiger partial charge in [0.25, 0.3) is 0 Å². The molecule has 0 aromatic heterocycles. The number of amides is 2. The van der Waals surface area contributed by atoms with E-state index in [1.54, 1.807) is 56.3 Å². The molecule has 2 aromatic carbocycles. The van der Waals surface area contributed by atoms with E-state index in [1.807, 2.05) is 6.92 Å². The molecule has 0 saturated heterocycles. The first-order valence-electron chi connectivity index (χ1n) is 10.5. The van der Waals surface area contributed by atoms with Gasteiger partial charge in [0.05, 0.1) is 11.9 Å². The Balaban J connectivity index is 2.45. The largest absolute Gasteiger partial charge is 0.355 e. The van der Waals surface area contributed by atoms with Crippen LogP contribution in [0.2, 0.25) is 10.0 Å². The Hall–Kier alpha value is -2.29. The summed E-state index contributed by atoms with van der Waals surface area (Å²) < 4.78 is 26.1. The summed E-state index contributed by atoms with van der Waals surface area (Å²) >= 11 is 12.3. The molecule has 0 aliphatic rings. The SMILES string of the molecule is CCNC(=O)[C@H](CC)N(Cc1ccc(Cl)cc1Cl)C(=O)CN(c1ccc(C)cc1)S(C)(=O)=O. The maximum atomic E-state index is 13.5. The summed E-state index contributed by atoms with van der Waals surface area (Å²) in [5.41, 5.74) is 1.92. The number of anilines is 1. The van der Waals surface area contributed by atoms with Gasteiger partial charge < -0.3 is 10.2 Å². The van der Waals surface area contributed by atoms with Crippen LogP contribution in [-0.4, -0.2) is 50.5 Å². The Labute approximate surface area is 205 Å². The molecule has 1 atom stereocenters. The lowest BCUT2D eigenvalue weighted by atomic mass is 10.1. The van der Waals surface area contributed by atoms with Crippen LogP contribution in [0.4, 0.5) is 5.69 Å². The van der Waals surface area contributed by atoms with Gasteiger partial charge in [-0.3, -0.25) is 13.9 Å². The molecule has 2 rings (SSSR count). The summed E-state index contributed by atoms with van der Waals surface area (Å²) in [7, 11) is -3.77. The van der Waals surface area contributed by atoms with Crippen molar-refractivity contribution in [2.24, 2.45) is 0 Å². The van der Waals surface area contributed by atoms with Gasteiger partial charge in [-0.15, -0.1) is 0 Å². The number of likely N-dealkylation sites (N-methyl/N-ethyl adjacent to an activating group) is 1. The van der Waals surface area contributed by atoms with Crippen LogP contribution in [0, 0.1) is 6.92 Å². The molecule has 0 aliphatic carbocycles. The van der Waals surface area contributed by atoms with E-state index in [0.29, 0.717) is 34.3 Å². The van der Waals surface area contributed by atoms with Gasteiger partial charge in [-0.25, -0.2) is 8.42 Å². The summed E-state index contributed by atoms with van der Waals surface area (Å²) in [6.45, 7) is 5.43. The Kier molecular flexibility index (Phi) is 9.57. The molecule has 2 amide bonds. The van der Waals surface area contributed by atoms with E-state index in [4.69, 9.17) is 23.2 Å². The molecule has 0 aliphatic heterocycles. The van der Waals surface area contributed by atoms with Crippen LogP contribution in [0.25, 0.3) is 0 Å². The molecule has 2 aromatic rings. The van der Waals surface area contributed by atoms with Crippen molar-refractivity contribution < 1.29 is 18.0 Å². The minimum absolute atomic E-state index is 0.0238. The first-order valence-corrected chi connectivity index (χ1v) is 13.1. The molecule has 180 valence electrons. The quantitative estimate of drug-likeness (QED) is 0.519. The Morgan fingerprint density at radius 3 is 2.21 bits per heavy atom. The van der Waals surface area contributed by atoms with Crippen molar-refractivity contribution in [3.63, 3.8) is 0 Å². The number of rotatable bonds is 10. The maximum absolute atomic E-state index is 13.5. The van der Waals surface area contributed by atoms with Gasteiger partial charge in [-0.05, 0) is 50.1 Å². The summed E-state index contributed by atoms with van der Waals surface area (Å²) in [5, 5.41) is 3.54. The topological polar surface area (TPSA) is 86.8 Å². The second-order valence-electron chi connectivity index (χ2n) is 7.68. The van der Waals surface area contributed by atoms with Gasteiger partial charge >= 0.3 is 0 Å². The molecule has 0 fully saturated rings. The fourth-order valence-corrected chi connectivity index (χ4v) is 4.69. The van der Waals surface area contributed by atoms with Gasteiger partial charge in [0.2, 0.25) is 21.8 Å². The van der Waals surface area contributed by atoms with Crippen molar-refractivity contribution in [1.29, 1.82) is 0 Å². The smallest absolute Gasteiger partial charge is 0.244 e. The normalized spacial score (nSPS) is 12.2. The van der Waals surface area contributed by atoms with E-state index in [-0.39, 0.29) is 12.5 Å². The van der Waals surface area contributed by atoms with Crippen molar-refractivity contribution in [2.45, 2.75) is 39.8 Å². The first kappa shape index (κ1) is 27.0. The van der Waals surface area contributed by atoms with Gasteiger partial charge in [0.15, 0.2) is 0 Å².